The van der Waals surface area contributed by atoms with Crippen LogP contribution in [0.15, 0.2) is 24.3 Å². The molecule has 2 aromatic rings. The normalized spacial score (nSPS) is 23.6. The zero-order valence-corrected chi connectivity index (χ0v) is 21.1. The van der Waals surface area contributed by atoms with Crippen molar-refractivity contribution < 1.29 is 47.5 Å². The fourth-order valence-electron chi connectivity index (χ4n) is 5.21. The molecule has 0 radical (unpaired) electrons. The summed E-state index contributed by atoms with van der Waals surface area (Å²) < 4.78 is 56.9. The van der Waals surface area contributed by atoms with Crippen molar-refractivity contribution in [3.63, 3.8) is 0 Å². The maximum Gasteiger partial charge on any atom is 0.586 e. The topological polar surface area (TPSA) is 121 Å². The molecule has 5 rings (SSSR count). The third-order valence-corrected chi connectivity index (χ3v) is 7.56. The predicted octanol–water partition coefficient (Wildman–Crippen LogP) is 2.54. The van der Waals surface area contributed by atoms with E-state index >= 15 is 4.39 Å². The summed E-state index contributed by atoms with van der Waals surface area (Å²) in [6, 6.07) is 4.96. The number of anilines is 2. The highest BCUT2D eigenvalue weighted by atomic mass is 19.3. The number of rotatable bonds is 7. The molecule has 206 valence electrons. The van der Waals surface area contributed by atoms with Crippen molar-refractivity contribution >= 4 is 17.3 Å². The molecule has 38 heavy (non-hydrogen) atoms. The Morgan fingerprint density at radius 1 is 1.18 bits per heavy atom. The molecule has 0 saturated heterocycles. The highest BCUT2D eigenvalue weighted by Gasteiger charge is 2.49. The molecule has 0 fully saturated rings. The first kappa shape index (κ1) is 26.4. The molecule has 9 nitrogen and oxygen atoms in total. The number of aliphatic hydroxyl groups excluding tert-OH is 3. The van der Waals surface area contributed by atoms with Crippen LogP contribution in [-0.2, 0) is 16.6 Å². The van der Waals surface area contributed by atoms with Crippen molar-refractivity contribution in [2.45, 2.75) is 51.0 Å². The lowest BCUT2D eigenvalue weighted by Crippen LogP contribution is -2.48. The summed E-state index contributed by atoms with van der Waals surface area (Å²) >= 11 is 0. The lowest BCUT2D eigenvalue weighted by Gasteiger charge is -2.39. The maximum atomic E-state index is 15.3. The second-order valence-electron chi connectivity index (χ2n) is 10.9. The standard InChI is InChI=1S/C26H29F3N2O7/c1-24(2,11-33)22-5-13-4-17(16(27)7-18(13)31(22)9-14(34)10-32)30-23(35)25(3)12-36-19-8-21-20(6-15(19)25)37-26(28,29)38-21/h4,6-8,14,22,32-34H,5,9-12H2,1-3H3,(H,30,35)/t14-,22-,25?/m1/s1. The van der Waals surface area contributed by atoms with Gasteiger partial charge in [0, 0.05) is 35.3 Å². The van der Waals surface area contributed by atoms with Gasteiger partial charge in [-0.1, -0.05) is 13.8 Å². The summed E-state index contributed by atoms with van der Waals surface area (Å²) in [7, 11) is 0. The molecule has 3 aliphatic rings. The van der Waals surface area contributed by atoms with Gasteiger partial charge in [-0.2, -0.15) is 0 Å². The van der Waals surface area contributed by atoms with Gasteiger partial charge in [0.15, 0.2) is 11.5 Å². The first-order valence-corrected chi connectivity index (χ1v) is 12.2. The fraction of sp³-hybridized carbons (Fsp3) is 0.500. The summed E-state index contributed by atoms with van der Waals surface area (Å²) in [5.41, 5.74) is -0.553. The Hall–Kier alpha value is -3.22. The molecule has 1 unspecified atom stereocenters. The van der Waals surface area contributed by atoms with Gasteiger partial charge in [0.05, 0.1) is 25.0 Å². The van der Waals surface area contributed by atoms with Gasteiger partial charge >= 0.3 is 6.29 Å². The monoisotopic (exact) mass is 538 g/mol. The molecule has 3 heterocycles. The number of nitrogens with one attached hydrogen (secondary N) is 1. The smallest absolute Gasteiger partial charge is 0.492 e. The van der Waals surface area contributed by atoms with Crippen LogP contribution in [0.1, 0.15) is 31.9 Å². The van der Waals surface area contributed by atoms with Gasteiger partial charge in [0.25, 0.3) is 0 Å². The second-order valence-corrected chi connectivity index (χ2v) is 10.9. The fourth-order valence-corrected chi connectivity index (χ4v) is 5.21. The van der Waals surface area contributed by atoms with Crippen molar-refractivity contribution in [3.8, 4) is 17.2 Å². The third kappa shape index (κ3) is 4.30. The molecule has 0 aromatic heterocycles. The predicted molar refractivity (Wildman–Crippen MR) is 129 cm³/mol. The van der Waals surface area contributed by atoms with Gasteiger partial charge < -0.3 is 39.7 Å². The number of carbonyl (C=O) groups excluding carboxylic acids is 1. The van der Waals surface area contributed by atoms with Gasteiger partial charge in [0.2, 0.25) is 5.91 Å². The molecule has 0 spiro atoms. The van der Waals surface area contributed by atoms with E-state index in [9.17, 15) is 28.9 Å². The molecule has 0 saturated carbocycles. The average Bonchev–Trinajstić information content (AvgIpc) is 3.48. The van der Waals surface area contributed by atoms with Crippen LogP contribution in [0.4, 0.5) is 24.5 Å². The lowest BCUT2D eigenvalue weighted by atomic mass is 9.83. The molecule has 3 aliphatic heterocycles. The minimum atomic E-state index is -3.83. The number of hydrogen-bond donors (Lipinski definition) is 4. The van der Waals surface area contributed by atoms with Crippen LogP contribution >= 0.6 is 0 Å². The SMILES string of the molecule is CC1(C(=O)Nc2cc3c(cc2F)N(C[C@@H](O)CO)[C@@H](C(C)(C)CO)C3)COc2cc3c(cc21)OC(F)(F)O3. The quantitative estimate of drug-likeness (QED) is 0.425. The Bertz CT molecular complexity index is 1290. The molecule has 1 amide bonds. The largest absolute Gasteiger partial charge is 0.586 e. The lowest BCUT2D eigenvalue weighted by molar-refractivity contribution is -0.286. The number of aliphatic hydroxyl groups is 3. The molecule has 0 bridgehead atoms. The first-order chi connectivity index (χ1) is 17.8. The van der Waals surface area contributed by atoms with Crippen molar-refractivity contribution in [2.24, 2.45) is 5.41 Å². The van der Waals surface area contributed by atoms with Crippen molar-refractivity contribution in [1.82, 2.24) is 0 Å². The van der Waals surface area contributed by atoms with E-state index in [1.54, 1.807) is 11.8 Å². The number of amides is 1. The molecular formula is C26H29F3N2O7. The van der Waals surface area contributed by atoms with E-state index in [2.05, 4.69) is 14.8 Å². The summed E-state index contributed by atoms with van der Waals surface area (Å²) in [6.45, 7) is 4.53. The minimum absolute atomic E-state index is 0.0318. The molecule has 12 heteroatoms. The van der Waals surface area contributed by atoms with Crippen LogP contribution in [0.25, 0.3) is 0 Å². The van der Waals surface area contributed by atoms with Crippen LogP contribution < -0.4 is 24.4 Å². The number of halogens is 3. The number of nitrogens with zero attached hydrogens (tertiary/aromatic N) is 1. The number of alkyl halides is 2. The minimum Gasteiger partial charge on any atom is -0.492 e. The van der Waals surface area contributed by atoms with E-state index in [0.29, 0.717) is 23.2 Å². The summed E-state index contributed by atoms with van der Waals surface area (Å²) in [5.74, 6) is -1.59. The van der Waals surface area contributed by atoms with Crippen molar-refractivity contribution in [2.75, 3.05) is 36.6 Å². The third-order valence-electron chi connectivity index (χ3n) is 7.56. The number of hydrogen-bond acceptors (Lipinski definition) is 8. The molecular weight excluding hydrogens is 509 g/mol. The van der Waals surface area contributed by atoms with Gasteiger partial charge in [0.1, 0.15) is 23.6 Å². The van der Waals surface area contributed by atoms with Gasteiger partial charge in [-0.25, -0.2) is 4.39 Å². The highest BCUT2D eigenvalue weighted by molar-refractivity contribution is 6.00. The van der Waals surface area contributed by atoms with Crippen LogP contribution in [0, 0.1) is 11.2 Å². The molecule has 0 aliphatic carbocycles. The average molecular weight is 539 g/mol. The zero-order chi connectivity index (χ0) is 27.6. The molecule has 3 atom stereocenters. The van der Waals surface area contributed by atoms with Crippen LogP contribution in [0.5, 0.6) is 17.2 Å². The van der Waals surface area contributed by atoms with E-state index in [-0.39, 0.29) is 48.7 Å². The maximum absolute atomic E-state index is 15.3. The number of carbonyl (C=O) groups is 1. The Morgan fingerprint density at radius 3 is 2.53 bits per heavy atom. The Balaban J connectivity index is 1.43. The zero-order valence-electron chi connectivity index (χ0n) is 21.1. The Morgan fingerprint density at radius 2 is 1.87 bits per heavy atom. The number of benzene rings is 2. The highest BCUT2D eigenvalue weighted by Crippen LogP contribution is 2.50. The number of β-amino-alcohol motifs (C(OH)–C–C–N with tert-alkyl or cyclic N) is 1. The van der Waals surface area contributed by atoms with E-state index in [4.69, 9.17) is 4.74 Å². The van der Waals surface area contributed by atoms with E-state index in [1.165, 1.54) is 24.3 Å². The first-order valence-electron chi connectivity index (χ1n) is 12.2. The van der Waals surface area contributed by atoms with E-state index in [1.807, 2.05) is 13.8 Å². The van der Waals surface area contributed by atoms with Crippen molar-refractivity contribution in [3.05, 3.63) is 41.2 Å². The summed E-state index contributed by atoms with van der Waals surface area (Å²) in [4.78, 5) is 15.2. The summed E-state index contributed by atoms with van der Waals surface area (Å²) in [6.07, 6.45) is -4.49. The van der Waals surface area contributed by atoms with Gasteiger partial charge in [-0.15, -0.1) is 8.78 Å². The van der Waals surface area contributed by atoms with Crippen LogP contribution in [0.3, 0.4) is 0 Å². The Labute approximate surface area is 216 Å². The summed E-state index contributed by atoms with van der Waals surface area (Å²) in [5, 5.41) is 32.0. The van der Waals surface area contributed by atoms with E-state index < -0.39 is 41.6 Å². The van der Waals surface area contributed by atoms with Gasteiger partial charge in [-0.05, 0) is 37.1 Å². The van der Waals surface area contributed by atoms with Crippen molar-refractivity contribution in [1.29, 1.82) is 0 Å². The Kier molecular flexibility index (Phi) is 6.20. The number of ether oxygens (including phenoxy) is 3. The van der Waals surface area contributed by atoms with E-state index in [0.717, 1.165) is 0 Å². The second kappa shape index (κ2) is 8.92. The van der Waals surface area contributed by atoms with Gasteiger partial charge in [-0.3, -0.25) is 4.79 Å². The van der Waals surface area contributed by atoms with Crippen LogP contribution in [-0.4, -0.2) is 66.0 Å². The van der Waals surface area contributed by atoms with Crippen LogP contribution in [0.2, 0.25) is 0 Å². The number of fused-ring (bicyclic) bond motifs is 3. The molecule has 2 aromatic carbocycles. The molecule has 4 N–H and O–H groups in total.